The second kappa shape index (κ2) is 7.59. The Morgan fingerprint density at radius 2 is 2.04 bits per heavy atom. The number of halogens is 1. The molecule has 0 saturated carbocycles. The number of pyridine rings is 1. The Balaban J connectivity index is 1.58. The smallest absolute Gasteiger partial charge is 0.234 e. The summed E-state index contributed by atoms with van der Waals surface area (Å²) in [5.74, 6) is 0.133. The molecule has 2 heterocycles. The lowest BCUT2D eigenvalue weighted by molar-refractivity contribution is -0.113. The van der Waals surface area contributed by atoms with E-state index in [4.69, 9.17) is 11.6 Å². The van der Waals surface area contributed by atoms with E-state index in [2.05, 4.69) is 15.3 Å². The molecule has 2 aromatic heterocycles. The summed E-state index contributed by atoms with van der Waals surface area (Å²) >= 11 is 8.84. The molecular weight excluding hydrogens is 350 g/mol. The van der Waals surface area contributed by atoms with Crippen LogP contribution in [0.1, 0.15) is 0 Å². The van der Waals surface area contributed by atoms with E-state index in [1.807, 2.05) is 35.7 Å². The van der Waals surface area contributed by atoms with Gasteiger partial charge in [0.05, 0.1) is 17.1 Å². The van der Waals surface area contributed by atoms with Gasteiger partial charge in [-0.2, -0.15) is 0 Å². The number of carbonyl (C=O) groups is 1. The number of carbonyl (C=O) groups excluding carboxylic acids is 1. The van der Waals surface area contributed by atoms with Gasteiger partial charge in [0.25, 0.3) is 0 Å². The van der Waals surface area contributed by atoms with E-state index in [1.54, 1.807) is 18.3 Å². The molecule has 1 N–H and O–H groups in total. The number of thiazole rings is 1. The van der Waals surface area contributed by atoms with Crippen LogP contribution in [0.5, 0.6) is 0 Å². The lowest BCUT2D eigenvalue weighted by Gasteiger charge is -2.04. The minimum Gasteiger partial charge on any atom is -0.323 e. The molecule has 1 amide bonds. The van der Waals surface area contributed by atoms with Gasteiger partial charge in [0.1, 0.15) is 0 Å². The molecule has 3 aromatic rings. The van der Waals surface area contributed by atoms with Crippen molar-refractivity contribution < 1.29 is 4.79 Å². The second-order valence-corrected chi connectivity index (χ2v) is 6.98. The minimum atomic E-state index is -0.138. The molecule has 116 valence electrons. The van der Waals surface area contributed by atoms with Crippen molar-refractivity contribution in [3.8, 4) is 11.3 Å². The summed E-state index contributed by atoms with van der Waals surface area (Å²) in [6, 6.07) is 13.4. The number of amides is 1. The molecule has 3 rings (SSSR count). The third-order valence-electron chi connectivity index (χ3n) is 2.91. The van der Waals surface area contributed by atoms with Crippen LogP contribution in [-0.2, 0) is 4.79 Å². The molecule has 4 nitrogen and oxygen atoms in total. The van der Waals surface area contributed by atoms with Crippen molar-refractivity contribution in [1.29, 1.82) is 0 Å². The van der Waals surface area contributed by atoms with E-state index < -0.39 is 0 Å². The third kappa shape index (κ3) is 4.31. The Labute approximate surface area is 146 Å². The van der Waals surface area contributed by atoms with Gasteiger partial charge in [-0.1, -0.05) is 53.7 Å². The van der Waals surface area contributed by atoms with Gasteiger partial charge in [0.2, 0.25) is 5.91 Å². The fourth-order valence-electron chi connectivity index (χ4n) is 1.86. The standard InChI is InChI=1S/C16H12ClN3OS2/c17-15-12(7-4-8-18-15)19-14(21)10-23-16-20-13(9-22-16)11-5-2-1-3-6-11/h1-9H,10H2,(H,19,21). The normalized spacial score (nSPS) is 10.5. The zero-order valence-electron chi connectivity index (χ0n) is 11.9. The summed E-state index contributed by atoms with van der Waals surface area (Å²) in [5, 5.41) is 5.02. The molecule has 23 heavy (non-hydrogen) atoms. The third-order valence-corrected chi connectivity index (χ3v) is 5.23. The molecule has 0 atom stereocenters. The Morgan fingerprint density at radius 1 is 1.22 bits per heavy atom. The van der Waals surface area contributed by atoms with Gasteiger partial charge in [-0.05, 0) is 12.1 Å². The van der Waals surface area contributed by atoms with Crippen LogP contribution in [0.2, 0.25) is 5.15 Å². The first kappa shape index (κ1) is 16.0. The molecule has 0 aliphatic carbocycles. The molecule has 0 unspecified atom stereocenters. The number of benzene rings is 1. The molecule has 0 aliphatic heterocycles. The maximum Gasteiger partial charge on any atom is 0.234 e. The largest absolute Gasteiger partial charge is 0.323 e. The number of anilines is 1. The van der Waals surface area contributed by atoms with Crippen LogP contribution in [-0.4, -0.2) is 21.6 Å². The molecule has 0 aliphatic rings. The Morgan fingerprint density at radius 3 is 2.83 bits per heavy atom. The highest BCUT2D eigenvalue weighted by atomic mass is 35.5. The van der Waals surface area contributed by atoms with Gasteiger partial charge in [0, 0.05) is 17.1 Å². The number of nitrogens with one attached hydrogen (secondary N) is 1. The SMILES string of the molecule is O=C(CSc1nc(-c2ccccc2)cs1)Nc1cccnc1Cl. The van der Waals surface area contributed by atoms with Crippen molar-refractivity contribution in [2.45, 2.75) is 4.34 Å². The van der Waals surface area contributed by atoms with E-state index in [9.17, 15) is 4.79 Å². The zero-order valence-corrected chi connectivity index (χ0v) is 14.3. The van der Waals surface area contributed by atoms with Crippen molar-refractivity contribution in [3.05, 3.63) is 59.2 Å². The Bertz CT molecular complexity index is 808. The topological polar surface area (TPSA) is 54.9 Å². The van der Waals surface area contributed by atoms with Gasteiger partial charge >= 0.3 is 0 Å². The average Bonchev–Trinajstić information content (AvgIpc) is 3.05. The van der Waals surface area contributed by atoms with Crippen LogP contribution in [0.25, 0.3) is 11.3 Å². The Hall–Kier alpha value is -1.89. The molecule has 0 spiro atoms. The van der Waals surface area contributed by atoms with Gasteiger partial charge in [-0.15, -0.1) is 11.3 Å². The maximum atomic E-state index is 12.0. The number of hydrogen-bond acceptors (Lipinski definition) is 5. The van der Waals surface area contributed by atoms with E-state index in [1.165, 1.54) is 23.1 Å². The highest BCUT2D eigenvalue weighted by Gasteiger charge is 2.09. The van der Waals surface area contributed by atoms with Crippen LogP contribution in [0, 0.1) is 0 Å². The summed E-state index contributed by atoms with van der Waals surface area (Å²) in [5.41, 5.74) is 2.51. The molecule has 0 fully saturated rings. The highest BCUT2D eigenvalue weighted by molar-refractivity contribution is 8.01. The van der Waals surface area contributed by atoms with Crippen molar-refractivity contribution in [1.82, 2.24) is 9.97 Å². The van der Waals surface area contributed by atoms with E-state index in [0.29, 0.717) is 5.69 Å². The Kier molecular flexibility index (Phi) is 5.27. The number of hydrogen-bond donors (Lipinski definition) is 1. The molecule has 7 heteroatoms. The number of thioether (sulfide) groups is 1. The summed E-state index contributed by atoms with van der Waals surface area (Å²) in [6.45, 7) is 0. The monoisotopic (exact) mass is 361 g/mol. The zero-order chi connectivity index (χ0) is 16.1. The molecule has 1 aromatic carbocycles. The fraction of sp³-hybridized carbons (Fsp3) is 0.0625. The average molecular weight is 362 g/mol. The number of nitrogens with zero attached hydrogens (tertiary/aromatic N) is 2. The summed E-state index contributed by atoms with van der Waals surface area (Å²) in [4.78, 5) is 20.4. The lowest BCUT2D eigenvalue weighted by Crippen LogP contribution is -2.14. The van der Waals surface area contributed by atoms with Gasteiger partial charge < -0.3 is 5.32 Å². The fourth-order valence-corrected chi connectivity index (χ4v) is 3.66. The van der Waals surface area contributed by atoms with Crippen LogP contribution in [0.4, 0.5) is 5.69 Å². The van der Waals surface area contributed by atoms with Crippen LogP contribution in [0.15, 0.2) is 58.4 Å². The predicted molar refractivity (Wildman–Crippen MR) is 96.2 cm³/mol. The quantitative estimate of drug-likeness (QED) is 0.533. The maximum absolute atomic E-state index is 12.0. The van der Waals surface area contributed by atoms with Crippen LogP contribution in [0.3, 0.4) is 0 Å². The summed E-state index contributed by atoms with van der Waals surface area (Å²) in [6.07, 6.45) is 1.58. The molecule has 0 saturated heterocycles. The van der Waals surface area contributed by atoms with Crippen LogP contribution < -0.4 is 5.32 Å². The minimum absolute atomic E-state index is 0.138. The molecule has 0 radical (unpaired) electrons. The predicted octanol–water partition coefficient (Wildman–Crippen LogP) is 4.59. The van der Waals surface area contributed by atoms with Crippen molar-refractivity contribution in [2.24, 2.45) is 0 Å². The number of aromatic nitrogens is 2. The van der Waals surface area contributed by atoms with Gasteiger partial charge in [-0.3, -0.25) is 4.79 Å². The summed E-state index contributed by atoms with van der Waals surface area (Å²) < 4.78 is 0.858. The van der Waals surface area contributed by atoms with Gasteiger partial charge in [0.15, 0.2) is 9.49 Å². The van der Waals surface area contributed by atoms with E-state index in [0.717, 1.165) is 15.6 Å². The van der Waals surface area contributed by atoms with Crippen molar-refractivity contribution in [2.75, 3.05) is 11.1 Å². The first-order chi connectivity index (χ1) is 11.2. The first-order valence-electron chi connectivity index (χ1n) is 6.76. The summed E-state index contributed by atoms with van der Waals surface area (Å²) in [7, 11) is 0. The molecule has 0 bridgehead atoms. The molecular formula is C16H12ClN3OS2. The second-order valence-electron chi connectivity index (χ2n) is 4.54. The van der Waals surface area contributed by atoms with Crippen LogP contribution >= 0.6 is 34.7 Å². The van der Waals surface area contributed by atoms with E-state index >= 15 is 0 Å². The first-order valence-corrected chi connectivity index (χ1v) is 9.01. The lowest BCUT2D eigenvalue weighted by atomic mass is 10.2. The van der Waals surface area contributed by atoms with Crippen molar-refractivity contribution >= 4 is 46.3 Å². The van der Waals surface area contributed by atoms with Gasteiger partial charge in [-0.25, -0.2) is 9.97 Å². The van der Waals surface area contributed by atoms with Crippen molar-refractivity contribution in [3.63, 3.8) is 0 Å². The number of rotatable bonds is 5. The highest BCUT2D eigenvalue weighted by Crippen LogP contribution is 2.28. The van der Waals surface area contributed by atoms with E-state index in [-0.39, 0.29) is 16.8 Å².